The SMILES string of the molecule is C=CC(=O)N1[C@H](C)CN(c2nc(=O)n3c4c(c(-c5cc(Cl)c(F)cc5F)c(C)cc24)SC[C@@H](Oc2cccnn2)C3)C[C@@H]1C. The lowest BCUT2D eigenvalue weighted by atomic mass is 9.97. The second kappa shape index (κ2) is 11.8. The number of ether oxygens (including phenoxy) is 1. The van der Waals surface area contributed by atoms with Crippen LogP contribution < -0.4 is 15.3 Å². The van der Waals surface area contributed by atoms with E-state index in [2.05, 4.69) is 21.8 Å². The van der Waals surface area contributed by atoms with Crippen molar-refractivity contribution in [3.05, 3.63) is 81.9 Å². The molecule has 0 spiro atoms. The minimum atomic E-state index is -0.858. The standard InChI is InChI=1S/C31H29ClF2N6O3S/c1-5-26(41)40-17(3)12-38(13-18(40)4)30-21-9-16(2)27(20-10-22(32)24(34)11-23(20)33)29-28(21)39(31(42)36-30)14-19(15-44-29)43-25-7-6-8-35-37-25/h5-11,17-19H,1,12-15H2,2-4H3/t17-,18+,19-/m0/s1. The number of halogens is 3. The molecule has 1 amide bonds. The highest BCUT2D eigenvalue weighted by Gasteiger charge is 2.35. The third kappa shape index (κ3) is 5.30. The van der Waals surface area contributed by atoms with Gasteiger partial charge in [0.05, 0.1) is 17.1 Å². The van der Waals surface area contributed by atoms with Gasteiger partial charge < -0.3 is 14.5 Å². The van der Waals surface area contributed by atoms with Gasteiger partial charge in [-0.15, -0.1) is 16.9 Å². The molecule has 0 bridgehead atoms. The van der Waals surface area contributed by atoms with Gasteiger partial charge in [0.25, 0.3) is 0 Å². The molecule has 2 aliphatic rings. The zero-order valence-electron chi connectivity index (χ0n) is 24.3. The maximum absolute atomic E-state index is 15.4. The number of carbonyl (C=O) groups excluding carboxylic acids is 1. The summed E-state index contributed by atoms with van der Waals surface area (Å²) in [5.74, 6) is -0.601. The van der Waals surface area contributed by atoms with E-state index >= 15 is 4.39 Å². The molecule has 2 aromatic carbocycles. The van der Waals surface area contributed by atoms with Crippen LogP contribution in [0.2, 0.25) is 5.02 Å². The summed E-state index contributed by atoms with van der Waals surface area (Å²) >= 11 is 7.54. The smallest absolute Gasteiger partial charge is 0.350 e. The Labute approximate surface area is 261 Å². The molecule has 0 unspecified atom stereocenters. The van der Waals surface area contributed by atoms with E-state index in [0.29, 0.717) is 57.5 Å². The normalized spacial score (nSPS) is 20.0. The fourth-order valence-corrected chi connectivity index (χ4v) is 7.64. The van der Waals surface area contributed by atoms with Crippen LogP contribution in [-0.2, 0) is 11.3 Å². The van der Waals surface area contributed by atoms with E-state index in [0.717, 1.165) is 6.07 Å². The third-order valence-corrected chi connectivity index (χ3v) is 9.47. The van der Waals surface area contributed by atoms with E-state index in [1.165, 1.54) is 30.1 Å². The van der Waals surface area contributed by atoms with Crippen molar-refractivity contribution < 1.29 is 18.3 Å². The number of benzene rings is 2. The first-order valence-corrected chi connectivity index (χ1v) is 15.4. The molecule has 9 nitrogen and oxygen atoms in total. The molecule has 1 saturated heterocycles. The Balaban J connectivity index is 1.55. The van der Waals surface area contributed by atoms with Crippen molar-refractivity contribution in [1.82, 2.24) is 24.6 Å². The molecule has 228 valence electrons. The van der Waals surface area contributed by atoms with Crippen LogP contribution in [0, 0.1) is 18.6 Å². The zero-order valence-corrected chi connectivity index (χ0v) is 25.8. The first-order valence-electron chi connectivity index (χ1n) is 14.1. The second-order valence-corrected chi connectivity index (χ2v) is 12.5. The molecule has 0 aliphatic carbocycles. The van der Waals surface area contributed by atoms with Crippen LogP contribution in [0.4, 0.5) is 14.6 Å². The van der Waals surface area contributed by atoms with Gasteiger partial charge in [0, 0.05) is 70.7 Å². The maximum atomic E-state index is 15.4. The lowest BCUT2D eigenvalue weighted by Gasteiger charge is -2.44. The Hall–Kier alpha value is -4.03. The topological polar surface area (TPSA) is 93.5 Å². The van der Waals surface area contributed by atoms with Crippen LogP contribution in [0.3, 0.4) is 0 Å². The quantitative estimate of drug-likeness (QED) is 0.216. The number of carbonyl (C=O) groups is 1. The molecule has 0 saturated carbocycles. The molecule has 2 aliphatic heterocycles. The van der Waals surface area contributed by atoms with E-state index in [1.54, 1.807) is 21.6 Å². The van der Waals surface area contributed by atoms with Crippen LogP contribution in [0.25, 0.3) is 22.0 Å². The van der Waals surface area contributed by atoms with Crippen LogP contribution in [0.1, 0.15) is 19.4 Å². The van der Waals surface area contributed by atoms with Crippen LogP contribution >= 0.6 is 23.4 Å². The average Bonchev–Trinajstić information content (AvgIpc) is 3.17. The van der Waals surface area contributed by atoms with E-state index in [1.807, 2.05) is 31.7 Å². The molecular weight excluding hydrogens is 610 g/mol. The number of nitrogens with zero attached hydrogens (tertiary/aromatic N) is 6. The van der Waals surface area contributed by atoms with Crippen molar-refractivity contribution in [1.29, 1.82) is 0 Å². The first-order chi connectivity index (χ1) is 21.1. The fourth-order valence-electron chi connectivity index (χ4n) is 6.18. The molecule has 4 heterocycles. The number of rotatable bonds is 5. The summed E-state index contributed by atoms with van der Waals surface area (Å²) < 4.78 is 37.2. The van der Waals surface area contributed by atoms with Gasteiger partial charge in [-0.3, -0.25) is 9.36 Å². The number of anilines is 1. The largest absolute Gasteiger partial charge is 0.470 e. The minimum absolute atomic E-state index is 0.128. The van der Waals surface area contributed by atoms with Gasteiger partial charge in [-0.2, -0.15) is 10.1 Å². The molecule has 2 aromatic heterocycles. The Kier molecular flexibility index (Phi) is 8.06. The Morgan fingerprint density at radius 1 is 1.16 bits per heavy atom. The highest BCUT2D eigenvalue weighted by Crippen LogP contribution is 2.45. The Bertz CT molecular complexity index is 1840. The van der Waals surface area contributed by atoms with E-state index in [9.17, 15) is 14.0 Å². The van der Waals surface area contributed by atoms with Crippen LogP contribution in [0.5, 0.6) is 5.88 Å². The number of aromatic nitrogens is 4. The van der Waals surface area contributed by atoms with Gasteiger partial charge >= 0.3 is 5.69 Å². The summed E-state index contributed by atoms with van der Waals surface area (Å²) in [7, 11) is 0. The van der Waals surface area contributed by atoms with E-state index in [4.69, 9.17) is 16.3 Å². The Morgan fingerprint density at radius 3 is 2.59 bits per heavy atom. The second-order valence-electron chi connectivity index (χ2n) is 11.0. The lowest BCUT2D eigenvalue weighted by Crippen LogP contribution is -2.58. The van der Waals surface area contributed by atoms with Crippen molar-refractivity contribution in [2.45, 2.75) is 50.4 Å². The average molecular weight is 639 g/mol. The van der Waals surface area contributed by atoms with Crippen LogP contribution in [0.15, 0.2) is 58.9 Å². The number of amides is 1. The fraction of sp³-hybridized carbons (Fsp3) is 0.323. The van der Waals surface area contributed by atoms with Crippen molar-refractivity contribution >= 4 is 46.0 Å². The number of aryl methyl sites for hydroxylation is 1. The number of piperazine rings is 1. The highest BCUT2D eigenvalue weighted by atomic mass is 35.5. The Morgan fingerprint density at radius 2 is 1.91 bits per heavy atom. The third-order valence-electron chi connectivity index (χ3n) is 7.96. The summed E-state index contributed by atoms with van der Waals surface area (Å²) in [6.07, 6.45) is 2.34. The number of thioether (sulfide) groups is 1. The molecule has 0 N–H and O–H groups in total. The predicted molar refractivity (Wildman–Crippen MR) is 166 cm³/mol. The molecule has 6 rings (SSSR count). The van der Waals surface area contributed by atoms with Gasteiger partial charge in [0.15, 0.2) is 0 Å². The van der Waals surface area contributed by atoms with E-state index < -0.39 is 23.4 Å². The van der Waals surface area contributed by atoms with Gasteiger partial charge in [0.1, 0.15) is 23.6 Å². The monoisotopic (exact) mass is 638 g/mol. The summed E-state index contributed by atoms with van der Waals surface area (Å²) in [5.41, 5.74) is 1.41. The molecular formula is C31H29ClF2N6O3S. The lowest BCUT2D eigenvalue weighted by molar-refractivity contribution is -0.130. The summed E-state index contributed by atoms with van der Waals surface area (Å²) in [4.78, 5) is 35.4. The molecule has 1 fully saturated rings. The number of hydrogen-bond acceptors (Lipinski definition) is 8. The highest BCUT2D eigenvalue weighted by molar-refractivity contribution is 7.99. The predicted octanol–water partition coefficient (Wildman–Crippen LogP) is 5.26. The van der Waals surface area contributed by atoms with Crippen LogP contribution in [-0.4, -0.2) is 67.6 Å². The summed E-state index contributed by atoms with van der Waals surface area (Å²) in [6.45, 7) is 10.4. The van der Waals surface area contributed by atoms with Crippen molar-refractivity contribution in [2.24, 2.45) is 0 Å². The maximum Gasteiger partial charge on any atom is 0.350 e. The summed E-state index contributed by atoms with van der Waals surface area (Å²) in [5, 5.41) is 8.38. The zero-order chi connectivity index (χ0) is 31.3. The molecule has 44 heavy (non-hydrogen) atoms. The number of hydrogen-bond donors (Lipinski definition) is 0. The summed E-state index contributed by atoms with van der Waals surface area (Å²) in [6, 6.07) is 6.97. The van der Waals surface area contributed by atoms with Crippen molar-refractivity contribution in [2.75, 3.05) is 23.7 Å². The molecule has 3 atom stereocenters. The van der Waals surface area contributed by atoms with Gasteiger partial charge in [-0.05, 0) is 50.6 Å². The molecule has 4 aromatic rings. The van der Waals surface area contributed by atoms with Gasteiger partial charge in [0.2, 0.25) is 11.8 Å². The van der Waals surface area contributed by atoms with Gasteiger partial charge in [-0.1, -0.05) is 18.2 Å². The van der Waals surface area contributed by atoms with Crippen molar-refractivity contribution in [3.8, 4) is 17.0 Å². The molecule has 0 radical (unpaired) electrons. The van der Waals surface area contributed by atoms with Gasteiger partial charge in [-0.25, -0.2) is 13.6 Å². The van der Waals surface area contributed by atoms with E-state index in [-0.39, 0.29) is 35.1 Å². The molecule has 13 heteroatoms. The van der Waals surface area contributed by atoms with Crippen molar-refractivity contribution in [3.63, 3.8) is 0 Å². The minimum Gasteiger partial charge on any atom is -0.470 e. The first kappa shape index (κ1) is 30.0.